The first-order chi connectivity index (χ1) is 15.8. The van der Waals surface area contributed by atoms with E-state index in [1.165, 1.54) is 16.9 Å². The van der Waals surface area contributed by atoms with Crippen LogP contribution in [0.25, 0.3) is 33.5 Å². The quantitative estimate of drug-likeness (QED) is 0.447. The van der Waals surface area contributed by atoms with E-state index in [0.717, 1.165) is 18.5 Å². The average molecular weight is 484 g/mol. The van der Waals surface area contributed by atoms with Crippen molar-refractivity contribution in [2.24, 2.45) is 7.05 Å². The minimum atomic E-state index is -4.96. The van der Waals surface area contributed by atoms with Crippen LogP contribution in [0.1, 0.15) is 5.56 Å². The molecular weight excluding hydrogens is 470 g/mol. The third-order valence-electron chi connectivity index (χ3n) is 4.89. The zero-order valence-electron chi connectivity index (χ0n) is 17.1. The van der Waals surface area contributed by atoms with Crippen molar-refractivity contribution in [3.05, 3.63) is 59.0 Å². The Kier molecular flexibility index (Phi) is 5.63. The highest BCUT2D eigenvalue weighted by Gasteiger charge is 2.38. The van der Waals surface area contributed by atoms with Crippen molar-refractivity contribution in [1.82, 2.24) is 29.3 Å². The van der Waals surface area contributed by atoms with Gasteiger partial charge in [0.15, 0.2) is 6.10 Å². The lowest BCUT2D eigenvalue weighted by molar-refractivity contribution is -0.207. The van der Waals surface area contributed by atoms with E-state index in [9.17, 15) is 36.2 Å². The summed E-state index contributed by atoms with van der Waals surface area (Å²) in [4.78, 5) is 25.2. The number of aliphatic hydroxyl groups is 1. The second-order valence-corrected chi connectivity index (χ2v) is 7.34. The van der Waals surface area contributed by atoms with Crippen LogP contribution in [-0.2, 0) is 19.8 Å². The van der Waals surface area contributed by atoms with Crippen molar-refractivity contribution in [2.75, 3.05) is 0 Å². The summed E-state index contributed by atoms with van der Waals surface area (Å²) >= 11 is 0. The topological polar surface area (TPSA) is 98.7 Å². The van der Waals surface area contributed by atoms with Crippen LogP contribution in [0, 0.1) is 0 Å². The number of aliphatic hydroxyl groups excluding tert-OH is 1. The van der Waals surface area contributed by atoms with E-state index < -0.39 is 36.1 Å². The maximum Gasteiger partial charge on any atom is 0.417 e. The van der Waals surface area contributed by atoms with Gasteiger partial charge in [-0.05, 0) is 18.2 Å². The summed E-state index contributed by atoms with van der Waals surface area (Å²) < 4.78 is 79.0. The first-order valence-electron chi connectivity index (χ1n) is 9.52. The van der Waals surface area contributed by atoms with Gasteiger partial charge in [-0.15, -0.1) is 0 Å². The molecule has 0 radical (unpaired) electrons. The molecule has 4 aromatic heterocycles. The van der Waals surface area contributed by atoms with Crippen LogP contribution in [0.3, 0.4) is 0 Å². The Labute approximate surface area is 186 Å². The van der Waals surface area contributed by atoms with Crippen molar-refractivity contribution in [1.29, 1.82) is 0 Å². The second kappa shape index (κ2) is 8.20. The molecule has 0 amide bonds. The molecule has 4 rings (SSSR count). The Morgan fingerprint density at radius 1 is 1.06 bits per heavy atom. The van der Waals surface area contributed by atoms with Gasteiger partial charge in [0.1, 0.15) is 11.2 Å². The van der Waals surface area contributed by atoms with Gasteiger partial charge in [-0.2, -0.15) is 31.4 Å². The molecule has 0 aliphatic heterocycles. The van der Waals surface area contributed by atoms with E-state index in [1.807, 2.05) is 0 Å². The van der Waals surface area contributed by atoms with Crippen LogP contribution in [0.4, 0.5) is 26.3 Å². The van der Waals surface area contributed by atoms with Gasteiger partial charge in [0.25, 0.3) is 5.56 Å². The normalized spacial score (nSPS) is 13.4. The molecule has 0 aliphatic carbocycles. The molecule has 0 bridgehead atoms. The number of fused-ring (bicyclic) bond motifs is 1. The zero-order valence-corrected chi connectivity index (χ0v) is 17.1. The SMILES string of the molecule is Cn1cc(-c2nc(-c3ccc(C(F)(F)F)cn3)cc3c(=O)n(CC(O)C(F)(F)F)cnc23)cn1. The molecule has 0 saturated heterocycles. The smallest absolute Gasteiger partial charge is 0.382 e. The third kappa shape index (κ3) is 4.48. The zero-order chi connectivity index (χ0) is 24.8. The van der Waals surface area contributed by atoms with Gasteiger partial charge in [0.2, 0.25) is 0 Å². The molecule has 0 aliphatic rings. The van der Waals surface area contributed by atoms with E-state index in [2.05, 4.69) is 20.1 Å². The fourth-order valence-electron chi connectivity index (χ4n) is 3.18. The number of rotatable bonds is 4. The minimum absolute atomic E-state index is 0.00639. The predicted molar refractivity (Wildman–Crippen MR) is 106 cm³/mol. The number of alkyl halides is 6. The van der Waals surface area contributed by atoms with Gasteiger partial charge >= 0.3 is 12.4 Å². The van der Waals surface area contributed by atoms with E-state index in [1.54, 1.807) is 13.2 Å². The van der Waals surface area contributed by atoms with Crippen molar-refractivity contribution >= 4 is 10.9 Å². The maximum atomic E-state index is 13.0. The maximum absolute atomic E-state index is 13.0. The highest BCUT2D eigenvalue weighted by molar-refractivity contribution is 5.93. The van der Waals surface area contributed by atoms with Crippen LogP contribution in [0.15, 0.2) is 47.9 Å². The molecule has 1 unspecified atom stereocenters. The largest absolute Gasteiger partial charge is 0.417 e. The Morgan fingerprint density at radius 3 is 2.35 bits per heavy atom. The standard InChI is InChI=1S/C20H14F6N6O2/c1-31-7-10(5-29-31)16-17-12(18(34)32(9-28-17)8-15(33)20(24,25)26)4-14(30-16)13-3-2-11(6-27-13)19(21,22)23/h2-7,9,15,33H,8H2,1H3. The summed E-state index contributed by atoms with van der Waals surface area (Å²) in [6.45, 7) is -1.09. The van der Waals surface area contributed by atoms with Gasteiger partial charge < -0.3 is 5.11 Å². The molecule has 4 heterocycles. The van der Waals surface area contributed by atoms with Crippen LogP contribution < -0.4 is 5.56 Å². The number of aryl methyl sites for hydroxylation is 1. The summed E-state index contributed by atoms with van der Waals surface area (Å²) in [6, 6.07) is 3.03. The molecule has 0 fully saturated rings. The summed E-state index contributed by atoms with van der Waals surface area (Å²) in [5, 5.41) is 13.2. The van der Waals surface area contributed by atoms with Crippen LogP contribution >= 0.6 is 0 Å². The van der Waals surface area contributed by atoms with E-state index in [4.69, 9.17) is 0 Å². The molecule has 4 aromatic rings. The van der Waals surface area contributed by atoms with Gasteiger partial charge in [0, 0.05) is 25.0 Å². The first-order valence-corrected chi connectivity index (χ1v) is 9.52. The first kappa shape index (κ1) is 23.4. The Bertz CT molecular complexity index is 1410. The number of nitrogens with zero attached hydrogens (tertiary/aromatic N) is 6. The summed E-state index contributed by atoms with van der Waals surface area (Å²) in [5.41, 5.74) is -1.35. The molecule has 0 saturated carbocycles. The van der Waals surface area contributed by atoms with Gasteiger partial charge in [0.05, 0.1) is 41.4 Å². The molecule has 0 spiro atoms. The molecule has 0 aromatic carbocycles. The lowest BCUT2D eigenvalue weighted by Gasteiger charge is -2.16. The number of pyridine rings is 2. The second-order valence-electron chi connectivity index (χ2n) is 7.34. The monoisotopic (exact) mass is 484 g/mol. The van der Waals surface area contributed by atoms with E-state index in [0.29, 0.717) is 16.3 Å². The fourth-order valence-corrected chi connectivity index (χ4v) is 3.18. The Hall–Kier alpha value is -3.81. The molecule has 1 N–H and O–H groups in total. The molecule has 1 atom stereocenters. The fraction of sp³-hybridized carbons (Fsp3) is 0.250. The van der Waals surface area contributed by atoms with Gasteiger partial charge in [-0.25, -0.2) is 9.97 Å². The number of aromatic nitrogens is 6. The van der Waals surface area contributed by atoms with E-state index >= 15 is 0 Å². The molecule has 8 nitrogen and oxygen atoms in total. The van der Waals surface area contributed by atoms with Crippen molar-refractivity contribution in [3.63, 3.8) is 0 Å². The highest BCUT2D eigenvalue weighted by Crippen LogP contribution is 2.31. The predicted octanol–water partition coefficient (Wildman–Crippen LogP) is 3.20. The molecule has 178 valence electrons. The lowest BCUT2D eigenvalue weighted by atomic mass is 10.1. The van der Waals surface area contributed by atoms with Gasteiger partial charge in [-0.1, -0.05) is 0 Å². The van der Waals surface area contributed by atoms with Crippen LogP contribution in [0.2, 0.25) is 0 Å². The van der Waals surface area contributed by atoms with E-state index in [-0.39, 0.29) is 28.0 Å². The summed E-state index contributed by atoms with van der Waals surface area (Å²) in [5.74, 6) is 0. The van der Waals surface area contributed by atoms with Crippen molar-refractivity contribution in [3.8, 4) is 22.6 Å². The van der Waals surface area contributed by atoms with Gasteiger partial charge in [-0.3, -0.25) is 19.0 Å². The highest BCUT2D eigenvalue weighted by atomic mass is 19.4. The Morgan fingerprint density at radius 2 is 1.79 bits per heavy atom. The van der Waals surface area contributed by atoms with Crippen molar-refractivity contribution < 1.29 is 31.4 Å². The third-order valence-corrected chi connectivity index (χ3v) is 4.89. The minimum Gasteiger partial charge on any atom is -0.382 e. The lowest BCUT2D eigenvalue weighted by Crippen LogP contribution is -2.36. The van der Waals surface area contributed by atoms with Crippen molar-refractivity contribution in [2.45, 2.75) is 25.0 Å². The molecular formula is C20H14F6N6O2. The number of hydrogen-bond acceptors (Lipinski definition) is 6. The number of hydrogen-bond donors (Lipinski definition) is 1. The average Bonchev–Trinajstić information content (AvgIpc) is 3.20. The summed E-state index contributed by atoms with van der Waals surface area (Å²) in [6.07, 6.45) is -7.95. The van der Waals surface area contributed by atoms with Crippen LogP contribution in [0.5, 0.6) is 0 Å². The summed E-state index contributed by atoms with van der Waals surface area (Å²) in [7, 11) is 1.62. The Balaban J connectivity index is 1.91. The molecule has 34 heavy (non-hydrogen) atoms. The molecule has 14 heteroatoms. The van der Waals surface area contributed by atoms with Crippen LogP contribution in [-0.4, -0.2) is 46.7 Å². The number of halogens is 6.